The number of nitrogens with one attached hydrogen (secondary N) is 1. The highest BCUT2D eigenvalue weighted by Gasteiger charge is 2.33. The maximum Gasteiger partial charge on any atom is 0.306 e. The largest absolute Gasteiger partial charge is 0.481 e. The number of aliphatic carboxylic acids is 1. The van der Waals surface area contributed by atoms with Gasteiger partial charge in [-0.05, 0) is 26.2 Å². The zero-order valence-electron chi connectivity index (χ0n) is 8.77. The maximum atomic E-state index is 11.5. The Balaban J connectivity index is 2.33. The Morgan fingerprint density at radius 2 is 2.00 bits per heavy atom. The van der Waals surface area contributed by atoms with Gasteiger partial charge in [-0.1, -0.05) is 0 Å². The van der Waals surface area contributed by atoms with Crippen LogP contribution in [0.15, 0.2) is 0 Å². The molecule has 0 heterocycles. The minimum absolute atomic E-state index is 0.139. The number of aliphatic hydroxyl groups is 1. The van der Waals surface area contributed by atoms with Gasteiger partial charge >= 0.3 is 5.97 Å². The second-order valence-corrected chi connectivity index (χ2v) is 4.14. The van der Waals surface area contributed by atoms with Gasteiger partial charge in [0.15, 0.2) is 0 Å². The number of rotatable bonds is 4. The third-order valence-corrected chi connectivity index (χ3v) is 2.72. The first-order chi connectivity index (χ1) is 7.00. The number of amides is 1. The Morgan fingerprint density at radius 3 is 2.47 bits per heavy atom. The summed E-state index contributed by atoms with van der Waals surface area (Å²) in [5.41, 5.74) is 0. The van der Waals surface area contributed by atoms with Crippen LogP contribution in [0.25, 0.3) is 0 Å². The van der Waals surface area contributed by atoms with Crippen molar-refractivity contribution in [3.05, 3.63) is 0 Å². The van der Waals surface area contributed by atoms with Crippen molar-refractivity contribution < 1.29 is 19.8 Å². The van der Waals surface area contributed by atoms with Crippen LogP contribution >= 0.6 is 0 Å². The lowest BCUT2D eigenvalue weighted by Crippen LogP contribution is -2.34. The van der Waals surface area contributed by atoms with Gasteiger partial charge in [0.25, 0.3) is 0 Å². The molecular formula is C10H17NO4. The van der Waals surface area contributed by atoms with E-state index in [0.717, 1.165) is 0 Å². The van der Waals surface area contributed by atoms with Gasteiger partial charge in [0, 0.05) is 12.5 Å². The van der Waals surface area contributed by atoms with E-state index in [-0.39, 0.29) is 24.3 Å². The van der Waals surface area contributed by atoms with Gasteiger partial charge in [-0.2, -0.15) is 0 Å². The molecule has 0 radical (unpaired) electrons. The van der Waals surface area contributed by atoms with Crippen molar-refractivity contribution in [3.63, 3.8) is 0 Å². The van der Waals surface area contributed by atoms with Crippen LogP contribution in [0.4, 0.5) is 0 Å². The Morgan fingerprint density at radius 1 is 1.40 bits per heavy atom. The van der Waals surface area contributed by atoms with Crippen LogP contribution in [0.2, 0.25) is 0 Å². The lowest BCUT2D eigenvalue weighted by Gasteiger charge is -2.11. The summed E-state index contributed by atoms with van der Waals surface area (Å²) in [6.45, 7) is 1.82. The lowest BCUT2D eigenvalue weighted by molar-refractivity contribution is -0.141. The number of hydrogen-bond acceptors (Lipinski definition) is 3. The Bertz CT molecular complexity index is 252. The zero-order chi connectivity index (χ0) is 11.4. The molecule has 1 aliphatic rings. The van der Waals surface area contributed by atoms with E-state index in [1.807, 2.05) is 0 Å². The van der Waals surface area contributed by atoms with Crippen LogP contribution in [0.1, 0.15) is 26.2 Å². The van der Waals surface area contributed by atoms with Crippen molar-refractivity contribution in [3.8, 4) is 0 Å². The minimum atomic E-state index is -0.819. The second kappa shape index (κ2) is 5.11. The molecule has 0 saturated heterocycles. The van der Waals surface area contributed by atoms with Gasteiger partial charge in [-0.3, -0.25) is 9.59 Å². The van der Waals surface area contributed by atoms with Crippen LogP contribution in [0.3, 0.4) is 0 Å². The van der Waals surface area contributed by atoms with Crippen molar-refractivity contribution in [2.24, 2.45) is 11.8 Å². The summed E-state index contributed by atoms with van der Waals surface area (Å²) in [6.07, 6.45) is 1.05. The van der Waals surface area contributed by atoms with E-state index in [9.17, 15) is 9.59 Å². The first-order valence-electron chi connectivity index (χ1n) is 5.19. The van der Waals surface area contributed by atoms with Crippen LogP contribution in [0.5, 0.6) is 0 Å². The predicted octanol–water partition coefficient (Wildman–Crippen LogP) is -0.0157. The van der Waals surface area contributed by atoms with Gasteiger partial charge in [-0.15, -0.1) is 0 Å². The van der Waals surface area contributed by atoms with Gasteiger partial charge in [-0.25, -0.2) is 0 Å². The number of carboxylic acids is 1. The van der Waals surface area contributed by atoms with E-state index >= 15 is 0 Å². The van der Waals surface area contributed by atoms with E-state index in [1.165, 1.54) is 0 Å². The third kappa shape index (κ3) is 3.51. The SMILES string of the molecule is C[C@@H](O)CNC(=O)[C@@H]1CC[C@H](C(=O)O)C1. The molecule has 1 aliphatic carbocycles. The van der Waals surface area contributed by atoms with E-state index < -0.39 is 12.1 Å². The molecule has 1 saturated carbocycles. The monoisotopic (exact) mass is 215 g/mol. The molecule has 0 aliphatic heterocycles. The molecule has 0 aromatic carbocycles. The molecule has 3 atom stereocenters. The van der Waals surface area contributed by atoms with E-state index in [4.69, 9.17) is 10.2 Å². The van der Waals surface area contributed by atoms with Crippen molar-refractivity contribution in [1.82, 2.24) is 5.32 Å². The fourth-order valence-corrected chi connectivity index (χ4v) is 1.84. The van der Waals surface area contributed by atoms with Crippen LogP contribution in [-0.4, -0.2) is 34.7 Å². The van der Waals surface area contributed by atoms with Crippen LogP contribution < -0.4 is 5.32 Å². The molecule has 5 heteroatoms. The summed E-state index contributed by atoms with van der Waals surface area (Å²) < 4.78 is 0. The summed E-state index contributed by atoms with van der Waals surface area (Å²) in [5.74, 6) is -1.54. The smallest absolute Gasteiger partial charge is 0.306 e. The minimum Gasteiger partial charge on any atom is -0.481 e. The summed E-state index contributed by atoms with van der Waals surface area (Å²) in [7, 11) is 0. The lowest BCUT2D eigenvalue weighted by atomic mass is 10.0. The standard InChI is InChI=1S/C10H17NO4/c1-6(12)5-11-9(13)7-2-3-8(4-7)10(14)15/h6-8,12H,2-5H2,1H3,(H,11,13)(H,14,15)/t6-,7-,8+/m1/s1. The average molecular weight is 215 g/mol. The van der Waals surface area contributed by atoms with Crippen LogP contribution in [-0.2, 0) is 9.59 Å². The highest BCUT2D eigenvalue weighted by Crippen LogP contribution is 2.30. The molecular weight excluding hydrogens is 198 g/mol. The molecule has 1 fully saturated rings. The Kier molecular flexibility index (Phi) is 4.08. The maximum absolute atomic E-state index is 11.5. The quantitative estimate of drug-likeness (QED) is 0.615. The number of carboxylic acid groups (broad SMARTS) is 1. The summed E-state index contributed by atoms with van der Waals surface area (Å²) in [4.78, 5) is 22.2. The van der Waals surface area contributed by atoms with Crippen molar-refractivity contribution in [2.45, 2.75) is 32.3 Å². The van der Waals surface area contributed by atoms with Gasteiger partial charge in [0.1, 0.15) is 0 Å². The summed E-state index contributed by atoms with van der Waals surface area (Å²) in [6, 6.07) is 0. The topological polar surface area (TPSA) is 86.6 Å². The molecule has 0 aromatic heterocycles. The second-order valence-electron chi connectivity index (χ2n) is 4.14. The molecule has 3 N–H and O–H groups in total. The van der Waals surface area contributed by atoms with Gasteiger partial charge in [0.2, 0.25) is 5.91 Å². The summed E-state index contributed by atoms with van der Waals surface area (Å²) >= 11 is 0. The number of carbonyl (C=O) groups excluding carboxylic acids is 1. The van der Waals surface area contributed by atoms with Crippen LogP contribution in [0, 0.1) is 11.8 Å². The Labute approximate surface area is 88.5 Å². The fraction of sp³-hybridized carbons (Fsp3) is 0.800. The van der Waals surface area contributed by atoms with Crippen molar-refractivity contribution in [2.75, 3.05) is 6.54 Å². The molecule has 0 unspecified atom stereocenters. The molecule has 86 valence electrons. The van der Waals surface area contributed by atoms with E-state index in [2.05, 4.69) is 5.32 Å². The molecule has 1 amide bonds. The van der Waals surface area contributed by atoms with Crippen molar-refractivity contribution >= 4 is 11.9 Å². The molecule has 15 heavy (non-hydrogen) atoms. The summed E-state index contributed by atoms with van der Waals surface area (Å²) in [5, 5.41) is 20.3. The number of carbonyl (C=O) groups is 2. The van der Waals surface area contributed by atoms with Gasteiger partial charge in [0.05, 0.1) is 12.0 Å². The normalized spacial score (nSPS) is 27.3. The Hall–Kier alpha value is -1.10. The predicted molar refractivity (Wildman–Crippen MR) is 53.2 cm³/mol. The average Bonchev–Trinajstić information content (AvgIpc) is 2.62. The number of hydrogen-bond donors (Lipinski definition) is 3. The molecule has 0 bridgehead atoms. The highest BCUT2D eigenvalue weighted by molar-refractivity contribution is 5.80. The van der Waals surface area contributed by atoms with Gasteiger partial charge < -0.3 is 15.5 Å². The fourth-order valence-electron chi connectivity index (χ4n) is 1.84. The molecule has 0 spiro atoms. The highest BCUT2D eigenvalue weighted by atomic mass is 16.4. The van der Waals surface area contributed by atoms with E-state index in [0.29, 0.717) is 19.3 Å². The number of aliphatic hydroxyl groups excluding tert-OH is 1. The van der Waals surface area contributed by atoms with E-state index in [1.54, 1.807) is 6.92 Å². The first-order valence-corrected chi connectivity index (χ1v) is 5.19. The molecule has 5 nitrogen and oxygen atoms in total. The first kappa shape index (κ1) is 12.0. The zero-order valence-corrected chi connectivity index (χ0v) is 8.77. The third-order valence-electron chi connectivity index (χ3n) is 2.72. The molecule has 0 aromatic rings. The van der Waals surface area contributed by atoms with Crippen molar-refractivity contribution in [1.29, 1.82) is 0 Å². The molecule has 1 rings (SSSR count).